The Morgan fingerprint density at radius 3 is 2.34 bits per heavy atom. The van der Waals surface area contributed by atoms with E-state index in [1.54, 1.807) is 42.5 Å². The average Bonchev–Trinajstić information content (AvgIpc) is 2.69. The lowest BCUT2D eigenvalue weighted by Crippen LogP contribution is -2.05. The maximum Gasteiger partial charge on any atom is 0.387 e. The van der Waals surface area contributed by atoms with Gasteiger partial charge in [0.2, 0.25) is 0 Å². The van der Waals surface area contributed by atoms with Crippen molar-refractivity contribution in [3.63, 3.8) is 0 Å². The lowest BCUT2D eigenvalue weighted by atomic mass is 9.98. The van der Waals surface area contributed by atoms with Crippen LogP contribution in [0, 0.1) is 5.82 Å². The molecule has 0 fully saturated rings. The smallest absolute Gasteiger partial charge is 0.387 e. The summed E-state index contributed by atoms with van der Waals surface area (Å²) in [4.78, 5) is 0. The van der Waals surface area contributed by atoms with Gasteiger partial charge in [-0.05, 0) is 61.2 Å². The predicted octanol–water partition coefficient (Wildman–Crippen LogP) is 6.60. The van der Waals surface area contributed by atoms with Crippen LogP contribution in [0.4, 0.5) is 13.2 Å². The topological polar surface area (TPSA) is 27.7 Å². The molecule has 29 heavy (non-hydrogen) atoms. The van der Waals surface area contributed by atoms with Crippen LogP contribution in [0.15, 0.2) is 60.7 Å². The first kappa shape index (κ1) is 20.6. The van der Waals surface area contributed by atoms with Crippen LogP contribution < -0.4 is 14.2 Å². The number of benzene rings is 3. The molecule has 3 aromatic rings. The zero-order valence-corrected chi connectivity index (χ0v) is 16.1. The molecule has 0 bridgehead atoms. The van der Waals surface area contributed by atoms with Gasteiger partial charge in [-0.2, -0.15) is 8.78 Å². The number of rotatable bonds is 8. The summed E-state index contributed by atoms with van der Waals surface area (Å²) in [5, 5.41) is 0.694. The number of hydrogen-bond acceptors (Lipinski definition) is 3. The number of halogens is 3. The summed E-state index contributed by atoms with van der Waals surface area (Å²) in [7, 11) is 0. The van der Waals surface area contributed by atoms with E-state index in [-0.39, 0.29) is 16.7 Å². The van der Waals surface area contributed by atoms with Gasteiger partial charge in [-0.25, -0.2) is 4.39 Å². The number of alkyl halides is 2. The summed E-state index contributed by atoms with van der Waals surface area (Å²) in [5.41, 5.74) is 0.389. The van der Waals surface area contributed by atoms with E-state index in [1.165, 1.54) is 6.07 Å². The minimum Gasteiger partial charge on any atom is -0.494 e. The molecular weight excluding hydrogens is 381 g/mol. The third-order valence-electron chi connectivity index (χ3n) is 4.26. The predicted molar refractivity (Wildman–Crippen MR) is 107 cm³/mol. The molecule has 0 heterocycles. The Morgan fingerprint density at radius 1 is 0.966 bits per heavy atom. The molecule has 0 atom stereocenters. The number of ether oxygens (including phenoxy) is 3. The van der Waals surface area contributed by atoms with Crippen molar-refractivity contribution >= 4 is 10.8 Å². The zero-order chi connectivity index (χ0) is 20.8. The van der Waals surface area contributed by atoms with E-state index in [0.717, 1.165) is 0 Å². The van der Waals surface area contributed by atoms with E-state index >= 15 is 4.39 Å². The van der Waals surface area contributed by atoms with Crippen molar-refractivity contribution in [2.24, 2.45) is 0 Å². The number of allylic oxidation sites excluding steroid dienone is 1. The first-order valence-corrected chi connectivity index (χ1v) is 9.21. The van der Waals surface area contributed by atoms with Gasteiger partial charge in [-0.3, -0.25) is 0 Å². The highest BCUT2D eigenvalue weighted by molar-refractivity contribution is 5.92. The Labute approximate surface area is 167 Å². The van der Waals surface area contributed by atoms with E-state index in [4.69, 9.17) is 9.47 Å². The highest BCUT2D eigenvalue weighted by Gasteiger charge is 2.19. The Kier molecular flexibility index (Phi) is 6.65. The van der Waals surface area contributed by atoms with Gasteiger partial charge in [0.05, 0.1) is 12.2 Å². The van der Waals surface area contributed by atoms with Gasteiger partial charge in [-0.1, -0.05) is 24.3 Å². The van der Waals surface area contributed by atoms with Crippen molar-refractivity contribution in [1.82, 2.24) is 0 Å². The van der Waals surface area contributed by atoms with Crippen molar-refractivity contribution in [3.8, 4) is 28.4 Å². The normalized spacial score (nSPS) is 11.4. The fourth-order valence-corrected chi connectivity index (χ4v) is 2.99. The van der Waals surface area contributed by atoms with Gasteiger partial charge < -0.3 is 14.2 Å². The quantitative estimate of drug-likeness (QED) is 0.397. The van der Waals surface area contributed by atoms with Crippen LogP contribution in [0.5, 0.6) is 17.2 Å². The fraction of sp³-hybridized carbons (Fsp3) is 0.217. The Hall–Kier alpha value is -3.15. The van der Waals surface area contributed by atoms with Crippen LogP contribution in [-0.4, -0.2) is 19.8 Å². The molecule has 0 amide bonds. The Bertz CT molecular complexity index is 998. The molecule has 0 aromatic heterocycles. The van der Waals surface area contributed by atoms with Crippen molar-refractivity contribution in [1.29, 1.82) is 0 Å². The third kappa shape index (κ3) is 4.83. The highest BCUT2D eigenvalue weighted by atomic mass is 19.3. The standard InChI is InChI=1S/C23H21F3O3/c1-3-5-12-28-18-10-11-19-16(13-18)14-20(29-23(25)26)21(22(19)24)15-6-8-17(9-7-15)27-4-2/h3,5-11,13-14,23H,4,12H2,1-2H3. The maximum atomic E-state index is 15.3. The first-order valence-electron chi connectivity index (χ1n) is 9.21. The van der Waals surface area contributed by atoms with Crippen LogP contribution in [0.3, 0.4) is 0 Å². The molecule has 3 aromatic carbocycles. The minimum atomic E-state index is -3.08. The monoisotopic (exact) mass is 402 g/mol. The van der Waals surface area contributed by atoms with E-state index in [1.807, 2.05) is 26.0 Å². The van der Waals surface area contributed by atoms with Crippen molar-refractivity contribution in [2.45, 2.75) is 20.5 Å². The van der Waals surface area contributed by atoms with Crippen molar-refractivity contribution < 1.29 is 27.4 Å². The van der Waals surface area contributed by atoms with Gasteiger partial charge in [0.25, 0.3) is 0 Å². The Morgan fingerprint density at radius 2 is 1.69 bits per heavy atom. The molecule has 0 unspecified atom stereocenters. The van der Waals surface area contributed by atoms with Crippen LogP contribution >= 0.6 is 0 Å². The second-order valence-electron chi connectivity index (χ2n) is 6.16. The second kappa shape index (κ2) is 9.37. The number of fused-ring (bicyclic) bond motifs is 1. The van der Waals surface area contributed by atoms with Gasteiger partial charge in [0.15, 0.2) is 0 Å². The largest absolute Gasteiger partial charge is 0.494 e. The van der Waals surface area contributed by atoms with E-state index in [9.17, 15) is 8.78 Å². The summed E-state index contributed by atoms with van der Waals surface area (Å²) in [5.74, 6) is 0.241. The van der Waals surface area contributed by atoms with Crippen LogP contribution in [0.25, 0.3) is 21.9 Å². The summed E-state index contributed by atoms with van der Waals surface area (Å²) in [6.45, 7) is 1.48. The van der Waals surface area contributed by atoms with Crippen LogP contribution in [0.2, 0.25) is 0 Å². The lowest BCUT2D eigenvalue weighted by molar-refractivity contribution is -0.0494. The molecule has 0 aliphatic heterocycles. The second-order valence-corrected chi connectivity index (χ2v) is 6.16. The number of hydrogen-bond donors (Lipinski definition) is 0. The third-order valence-corrected chi connectivity index (χ3v) is 4.26. The van der Waals surface area contributed by atoms with Gasteiger partial charge in [-0.15, -0.1) is 0 Å². The molecule has 0 saturated heterocycles. The van der Waals surface area contributed by atoms with Gasteiger partial charge in [0, 0.05) is 5.39 Å². The molecule has 3 nitrogen and oxygen atoms in total. The van der Waals surface area contributed by atoms with Gasteiger partial charge in [0.1, 0.15) is 29.7 Å². The lowest BCUT2D eigenvalue weighted by Gasteiger charge is -2.15. The summed E-state index contributed by atoms with van der Waals surface area (Å²) in [6, 6.07) is 12.8. The molecular formula is C23H21F3O3. The molecule has 0 saturated carbocycles. The summed E-state index contributed by atoms with van der Waals surface area (Å²) in [6.07, 6.45) is 3.67. The molecule has 0 spiro atoms. The average molecular weight is 402 g/mol. The Balaban J connectivity index is 2.09. The minimum absolute atomic E-state index is 0.0246. The highest BCUT2D eigenvalue weighted by Crippen LogP contribution is 2.40. The zero-order valence-electron chi connectivity index (χ0n) is 16.1. The van der Waals surface area contributed by atoms with Gasteiger partial charge >= 0.3 is 6.61 Å². The summed E-state index contributed by atoms with van der Waals surface area (Å²) < 4.78 is 56.9. The van der Waals surface area contributed by atoms with E-state index in [0.29, 0.717) is 35.7 Å². The fourth-order valence-electron chi connectivity index (χ4n) is 2.99. The van der Waals surface area contributed by atoms with Crippen molar-refractivity contribution in [3.05, 3.63) is 66.5 Å². The molecule has 3 rings (SSSR count). The van der Waals surface area contributed by atoms with Crippen molar-refractivity contribution in [2.75, 3.05) is 13.2 Å². The molecule has 152 valence electrons. The molecule has 6 heteroatoms. The van der Waals surface area contributed by atoms with Crippen LogP contribution in [-0.2, 0) is 0 Å². The van der Waals surface area contributed by atoms with Crippen LogP contribution in [0.1, 0.15) is 13.8 Å². The molecule has 0 aliphatic carbocycles. The summed E-state index contributed by atoms with van der Waals surface area (Å²) >= 11 is 0. The molecule has 0 radical (unpaired) electrons. The molecule has 0 N–H and O–H groups in total. The molecule has 0 aliphatic rings. The first-order chi connectivity index (χ1) is 14.0. The van der Waals surface area contributed by atoms with E-state index < -0.39 is 12.4 Å². The maximum absolute atomic E-state index is 15.3. The SMILES string of the molecule is CC=CCOc1ccc2c(F)c(-c3ccc(OCC)cc3)c(OC(F)F)cc2c1. The van der Waals surface area contributed by atoms with E-state index in [2.05, 4.69) is 4.74 Å².